The van der Waals surface area contributed by atoms with Gasteiger partial charge in [0.25, 0.3) is 5.91 Å². The molecule has 0 saturated carbocycles. The van der Waals surface area contributed by atoms with Gasteiger partial charge in [-0.05, 0) is 31.0 Å². The Bertz CT molecular complexity index is 707. The van der Waals surface area contributed by atoms with Gasteiger partial charge < -0.3 is 20.1 Å². The van der Waals surface area contributed by atoms with Gasteiger partial charge in [-0.25, -0.2) is 0 Å². The van der Waals surface area contributed by atoms with Crippen LogP contribution < -0.4 is 10.1 Å². The molecule has 2 aromatic rings. The van der Waals surface area contributed by atoms with E-state index in [0.717, 1.165) is 5.56 Å². The van der Waals surface area contributed by atoms with Crippen molar-refractivity contribution < 1.29 is 19.4 Å². The van der Waals surface area contributed by atoms with E-state index in [0.29, 0.717) is 25.3 Å². The zero-order chi connectivity index (χ0) is 19.5. The highest BCUT2D eigenvalue weighted by Gasteiger charge is 2.26. The second kappa shape index (κ2) is 11.0. The highest BCUT2D eigenvalue weighted by molar-refractivity contribution is 5.87. The topological polar surface area (TPSA) is 78.9 Å². The minimum absolute atomic E-state index is 0.00619. The van der Waals surface area contributed by atoms with Crippen LogP contribution in [0.1, 0.15) is 18.9 Å². The highest BCUT2D eigenvalue weighted by Crippen LogP contribution is 2.12. The number of carbonyl (C=O) groups is 2. The van der Waals surface area contributed by atoms with E-state index in [-0.39, 0.29) is 25.0 Å². The number of aliphatic hydroxyl groups excluding tert-OH is 1. The van der Waals surface area contributed by atoms with Gasteiger partial charge in [0.1, 0.15) is 11.8 Å². The van der Waals surface area contributed by atoms with Gasteiger partial charge in [-0.2, -0.15) is 0 Å². The lowest BCUT2D eigenvalue weighted by Crippen LogP contribution is -2.49. The van der Waals surface area contributed by atoms with Crippen molar-refractivity contribution in [2.75, 3.05) is 19.8 Å². The zero-order valence-corrected chi connectivity index (χ0v) is 15.5. The first-order valence-corrected chi connectivity index (χ1v) is 9.01. The second-order valence-corrected chi connectivity index (χ2v) is 6.15. The second-order valence-electron chi connectivity index (χ2n) is 6.15. The third-order valence-electron chi connectivity index (χ3n) is 4.10. The van der Waals surface area contributed by atoms with Crippen molar-refractivity contribution >= 4 is 11.8 Å². The maximum absolute atomic E-state index is 12.8. The Kier molecular flexibility index (Phi) is 8.32. The largest absolute Gasteiger partial charge is 0.484 e. The SMILES string of the molecule is C[C@H](C(=O)NCCCO)N(Cc1ccccc1)C(=O)COc1ccccc1. The van der Waals surface area contributed by atoms with Crippen LogP contribution in [-0.4, -0.2) is 47.6 Å². The molecule has 6 heteroatoms. The predicted octanol–water partition coefficient (Wildman–Crippen LogP) is 1.98. The Morgan fingerprint density at radius 3 is 2.33 bits per heavy atom. The minimum Gasteiger partial charge on any atom is -0.484 e. The van der Waals surface area contributed by atoms with Gasteiger partial charge in [-0.3, -0.25) is 9.59 Å². The van der Waals surface area contributed by atoms with Gasteiger partial charge in [-0.1, -0.05) is 48.5 Å². The summed E-state index contributed by atoms with van der Waals surface area (Å²) >= 11 is 0. The summed E-state index contributed by atoms with van der Waals surface area (Å²) in [4.78, 5) is 26.7. The monoisotopic (exact) mass is 370 g/mol. The van der Waals surface area contributed by atoms with Crippen molar-refractivity contribution in [3.05, 3.63) is 66.2 Å². The van der Waals surface area contributed by atoms with Crippen molar-refractivity contribution in [1.29, 1.82) is 0 Å². The summed E-state index contributed by atoms with van der Waals surface area (Å²) in [6.07, 6.45) is 0.474. The molecule has 2 aromatic carbocycles. The fraction of sp³-hybridized carbons (Fsp3) is 0.333. The number of benzene rings is 2. The number of ether oxygens (including phenoxy) is 1. The lowest BCUT2D eigenvalue weighted by Gasteiger charge is -2.28. The molecular formula is C21H26N2O4. The zero-order valence-electron chi connectivity index (χ0n) is 15.5. The van der Waals surface area contributed by atoms with E-state index in [1.807, 2.05) is 48.5 Å². The number of para-hydroxylation sites is 1. The highest BCUT2D eigenvalue weighted by atomic mass is 16.5. The number of aliphatic hydroxyl groups is 1. The van der Waals surface area contributed by atoms with Crippen LogP contribution in [-0.2, 0) is 16.1 Å². The number of carbonyl (C=O) groups excluding carboxylic acids is 2. The summed E-state index contributed by atoms with van der Waals surface area (Å²) in [6, 6.07) is 17.9. The molecule has 0 heterocycles. The average molecular weight is 370 g/mol. The fourth-order valence-electron chi connectivity index (χ4n) is 2.55. The molecule has 6 nitrogen and oxygen atoms in total. The van der Waals surface area contributed by atoms with Gasteiger partial charge in [-0.15, -0.1) is 0 Å². The molecular weight excluding hydrogens is 344 g/mol. The standard InChI is InChI=1S/C21H26N2O4/c1-17(21(26)22-13-8-14-24)23(15-18-9-4-2-5-10-18)20(25)16-27-19-11-6-3-7-12-19/h2-7,9-12,17,24H,8,13-16H2,1H3,(H,22,26)/t17-/m1/s1. The molecule has 0 spiro atoms. The molecule has 0 bridgehead atoms. The molecule has 0 aliphatic heterocycles. The summed E-state index contributed by atoms with van der Waals surface area (Å²) < 4.78 is 5.56. The van der Waals surface area contributed by atoms with Crippen LogP contribution in [0, 0.1) is 0 Å². The van der Waals surface area contributed by atoms with E-state index in [4.69, 9.17) is 9.84 Å². The summed E-state index contributed by atoms with van der Waals surface area (Å²) in [5.41, 5.74) is 0.931. The molecule has 0 saturated heterocycles. The first-order chi connectivity index (χ1) is 13.1. The van der Waals surface area contributed by atoms with Crippen LogP contribution in [0.15, 0.2) is 60.7 Å². The Labute approximate surface area is 159 Å². The molecule has 2 amide bonds. The molecule has 0 fully saturated rings. The molecule has 0 aliphatic rings. The van der Waals surface area contributed by atoms with E-state index >= 15 is 0 Å². The van der Waals surface area contributed by atoms with Gasteiger partial charge in [0, 0.05) is 19.7 Å². The molecule has 2 rings (SSSR count). The predicted molar refractivity (Wildman–Crippen MR) is 103 cm³/mol. The van der Waals surface area contributed by atoms with Gasteiger partial charge in [0.2, 0.25) is 5.91 Å². The van der Waals surface area contributed by atoms with Crippen molar-refractivity contribution in [2.24, 2.45) is 0 Å². The number of hydrogen-bond acceptors (Lipinski definition) is 4. The first kappa shape index (κ1) is 20.5. The third kappa shape index (κ3) is 6.75. The van der Waals surface area contributed by atoms with E-state index in [1.165, 1.54) is 4.90 Å². The Morgan fingerprint density at radius 2 is 1.70 bits per heavy atom. The number of rotatable bonds is 10. The van der Waals surface area contributed by atoms with Crippen LogP contribution in [0.2, 0.25) is 0 Å². The minimum atomic E-state index is -0.657. The lowest BCUT2D eigenvalue weighted by atomic mass is 10.1. The average Bonchev–Trinajstić information content (AvgIpc) is 2.71. The number of amides is 2. The number of hydrogen-bond donors (Lipinski definition) is 2. The van der Waals surface area contributed by atoms with Crippen LogP contribution in [0.25, 0.3) is 0 Å². The van der Waals surface area contributed by atoms with E-state index < -0.39 is 6.04 Å². The molecule has 0 aromatic heterocycles. The van der Waals surface area contributed by atoms with Gasteiger partial charge in [0.15, 0.2) is 6.61 Å². The van der Waals surface area contributed by atoms with Crippen LogP contribution in [0.4, 0.5) is 0 Å². The van der Waals surface area contributed by atoms with Gasteiger partial charge in [0.05, 0.1) is 0 Å². The van der Waals surface area contributed by atoms with E-state index in [1.54, 1.807) is 19.1 Å². The van der Waals surface area contributed by atoms with Gasteiger partial charge >= 0.3 is 0 Å². The Morgan fingerprint density at radius 1 is 1.07 bits per heavy atom. The molecule has 0 radical (unpaired) electrons. The summed E-state index contributed by atoms with van der Waals surface area (Å²) in [6.45, 7) is 2.23. The smallest absolute Gasteiger partial charge is 0.261 e. The maximum atomic E-state index is 12.8. The molecule has 27 heavy (non-hydrogen) atoms. The number of nitrogens with one attached hydrogen (secondary N) is 1. The lowest BCUT2D eigenvalue weighted by molar-refractivity contribution is -0.142. The summed E-state index contributed by atoms with van der Waals surface area (Å²) in [5.74, 6) is 0.0746. The van der Waals surface area contributed by atoms with Crippen LogP contribution >= 0.6 is 0 Å². The summed E-state index contributed by atoms with van der Waals surface area (Å²) in [5, 5.41) is 11.6. The maximum Gasteiger partial charge on any atom is 0.261 e. The van der Waals surface area contributed by atoms with Crippen molar-refractivity contribution in [1.82, 2.24) is 10.2 Å². The van der Waals surface area contributed by atoms with Crippen molar-refractivity contribution in [3.8, 4) is 5.75 Å². The number of nitrogens with zero attached hydrogens (tertiary/aromatic N) is 1. The van der Waals surface area contributed by atoms with Crippen molar-refractivity contribution in [2.45, 2.75) is 25.9 Å². The quantitative estimate of drug-likeness (QED) is 0.627. The summed E-state index contributed by atoms with van der Waals surface area (Å²) in [7, 11) is 0. The first-order valence-electron chi connectivity index (χ1n) is 9.01. The molecule has 144 valence electrons. The van der Waals surface area contributed by atoms with Crippen LogP contribution in [0.3, 0.4) is 0 Å². The molecule has 1 atom stereocenters. The van der Waals surface area contributed by atoms with Crippen LogP contribution in [0.5, 0.6) is 5.75 Å². The molecule has 0 aliphatic carbocycles. The normalized spacial score (nSPS) is 11.5. The Balaban J connectivity index is 2.05. The molecule has 0 unspecified atom stereocenters. The Hall–Kier alpha value is -2.86. The molecule has 2 N–H and O–H groups in total. The fourth-order valence-corrected chi connectivity index (χ4v) is 2.55. The van der Waals surface area contributed by atoms with Crippen molar-refractivity contribution in [3.63, 3.8) is 0 Å². The third-order valence-corrected chi connectivity index (χ3v) is 4.10. The van der Waals surface area contributed by atoms with E-state index in [2.05, 4.69) is 5.32 Å². The van der Waals surface area contributed by atoms with E-state index in [9.17, 15) is 9.59 Å².